The highest BCUT2D eigenvalue weighted by Gasteiger charge is 2.17. The van der Waals surface area contributed by atoms with Crippen LogP contribution in [-0.2, 0) is 17.9 Å². The molecule has 7 heteroatoms. The fourth-order valence-corrected chi connectivity index (χ4v) is 2.78. The van der Waals surface area contributed by atoms with Crippen LogP contribution in [0.5, 0.6) is 0 Å². The molecule has 2 rings (SSSR count). The predicted molar refractivity (Wildman–Crippen MR) is 71.8 cm³/mol. The van der Waals surface area contributed by atoms with Crippen LogP contribution in [0.3, 0.4) is 0 Å². The van der Waals surface area contributed by atoms with Gasteiger partial charge >= 0.3 is 0 Å². The number of aryl methyl sites for hydroxylation is 1. The third kappa shape index (κ3) is 3.25. The fourth-order valence-electron chi connectivity index (χ4n) is 1.80. The average molecular weight is 281 g/mol. The molecule has 0 saturated carbocycles. The topological polar surface area (TPSA) is 85.1 Å². The van der Waals surface area contributed by atoms with Gasteiger partial charge in [0.05, 0.1) is 17.0 Å². The van der Waals surface area contributed by atoms with E-state index in [1.54, 1.807) is 17.5 Å². The third-order valence-electron chi connectivity index (χ3n) is 2.94. The van der Waals surface area contributed by atoms with E-state index in [0.29, 0.717) is 31.2 Å². The monoisotopic (exact) mass is 281 g/mol. The molecule has 0 spiro atoms. The summed E-state index contributed by atoms with van der Waals surface area (Å²) in [6.45, 7) is 4.80. The Labute approximate surface area is 115 Å². The van der Waals surface area contributed by atoms with E-state index < -0.39 is 0 Å². The number of rotatable bonds is 5. The lowest BCUT2D eigenvalue weighted by Crippen LogP contribution is -2.35. The van der Waals surface area contributed by atoms with Crippen LogP contribution in [0.4, 0.5) is 5.82 Å². The average Bonchev–Trinajstić information content (AvgIpc) is 2.72. The van der Waals surface area contributed by atoms with Crippen molar-refractivity contribution in [1.29, 1.82) is 0 Å². The van der Waals surface area contributed by atoms with Crippen molar-refractivity contribution in [2.45, 2.75) is 26.8 Å². The number of thiazole rings is 1. The molecule has 2 heterocycles. The number of nitrogen functional groups attached to an aromatic ring is 1. The lowest BCUT2D eigenvalue weighted by atomic mass is 10.2. The summed E-state index contributed by atoms with van der Waals surface area (Å²) in [6.07, 6.45) is 2.46. The molecule has 102 valence electrons. The maximum atomic E-state index is 8.39. The Bertz CT molecular complexity index is 571. The molecule has 0 aliphatic rings. The van der Waals surface area contributed by atoms with Crippen LogP contribution in [0.1, 0.15) is 22.0 Å². The summed E-state index contributed by atoms with van der Waals surface area (Å²) >= 11 is 1.63. The highest BCUT2D eigenvalue weighted by molar-refractivity contribution is 7.09. The molecule has 0 aliphatic carbocycles. The molecule has 0 radical (unpaired) electrons. The van der Waals surface area contributed by atoms with Crippen LogP contribution >= 0.6 is 11.3 Å². The number of hydrogen-bond donors (Lipinski definition) is 2. The Hall–Kier alpha value is -1.57. The summed E-state index contributed by atoms with van der Waals surface area (Å²) in [5.74, 6) is 1.19. The molecule has 0 aliphatic heterocycles. The number of hydrogen-bond acceptors (Lipinski definition) is 6. The molecule has 19 heavy (non-hydrogen) atoms. The van der Waals surface area contributed by atoms with E-state index in [-0.39, 0.29) is 0 Å². The van der Waals surface area contributed by atoms with Gasteiger partial charge in [-0.2, -0.15) is 4.57 Å². The smallest absolute Gasteiger partial charge is 0.225 e. The SMILES string of the molecule is Cc1ncc(C[n+]2csc(CCOO)c2C)c(N)n1. The Kier molecular flexibility index (Phi) is 4.41. The van der Waals surface area contributed by atoms with Gasteiger partial charge in [-0.25, -0.2) is 14.9 Å². The molecule has 0 fully saturated rings. The molecule has 0 atom stereocenters. The van der Waals surface area contributed by atoms with Crippen molar-refractivity contribution in [2.24, 2.45) is 0 Å². The van der Waals surface area contributed by atoms with Crippen molar-refractivity contribution < 1.29 is 14.7 Å². The Morgan fingerprint density at radius 2 is 2.26 bits per heavy atom. The van der Waals surface area contributed by atoms with E-state index >= 15 is 0 Å². The quantitative estimate of drug-likeness (QED) is 0.487. The van der Waals surface area contributed by atoms with Crippen molar-refractivity contribution in [3.8, 4) is 0 Å². The van der Waals surface area contributed by atoms with Crippen LogP contribution in [0, 0.1) is 13.8 Å². The first-order chi connectivity index (χ1) is 9.11. The number of aromatic nitrogens is 3. The molecule has 2 aromatic heterocycles. The Balaban J connectivity index is 2.17. The minimum Gasteiger partial charge on any atom is -0.383 e. The maximum Gasteiger partial charge on any atom is 0.225 e. The zero-order chi connectivity index (χ0) is 13.8. The van der Waals surface area contributed by atoms with Crippen LogP contribution in [0.15, 0.2) is 11.7 Å². The van der Waals surface area contributed by atoms with Gasteiger partial charge in [0, 0.05) is 19.5 Å². The molecule has 0 unspecified atom stereocenters. The summed E-state index contributed by atoms with van der Waals surface area (Å²) in [7, 11) is 0. The number of nitrogens with zero attached hydrogens (tertiary/aromatic N) is 3. The number of nitrogens with two attached hydrogens (primary N) is 1. The van der Waals surface area contributed by atoms with Crippen molar-refractivity contribution in [1.82, 2.24) is 9.97 Å². The van der Waals surface area contributed by atoms with Crippen LogP contribution in [0.25, 0.3) is 0 Å². The molecule has 6 nitrogen and oxygen atoms in total. The van der Waals surface area contributed by atoms with Gasteiger partial charge in [0.1, 0.15) is 11.6 Å². The predicted octanol–water partition coefficient (Wildman–Crippen LogP) is 1.11. The Morgan fingerprint density at radius 3 is 2.95 bits per heavy atom. The van der Waals surface area contributed by atoms with Gasteiger partial charge in [0.2, 0.25) is 5.51 Å². The minimum atomic E-state index is 0.303. The highest BCUT2D eigenvalue weighted by Crippen LogP contribution is 2.14. The van der Waals surface area contributed by atoms with Gasteiger partial charge in [-0.3, -0.25) is 5.26 Å². The second-order valence-electron chi connectivity index (χ2n) is 4.27. The number of anilines is 1. The zero-order valence-corrected chi connectivity index (χ0v) is 11.8. The summed E-state index contributed by atoms with van der Waals surface area (Å²) in [5.41, 5.74) is 9.97. The van der Waals surface area contributed by atoms with Gasteiger partial charge in [-0.05, 0) is 6.92 Å². The largest absolute Gasteiger partial charge is 0.383 e. The molecule has 0 bridgehead atoms. The fraction of sp³-hybridized carbons (Fsp3) is 0.417. The minimum absolute atomic E-state index is 0.303. The normalized spacial score (nSPS) is 10.9. The molecule has 0 saturated heterocycles. The van der Waals surface area contributed by atoms with E-state index in [1.165, 1.54) is 4.88 Å². The van der Waals surface area contributed by atoms with Crippen LogP contribution < -0.4 is 10.3 Å². The molecule has 3 N–H and O–H groups in total. The second kappa shape index (κ2) is 6.05. The van der Waals surface area contributed by atoms with Gasteiger partial charge in [0.25, 0.3) is 0 Å². The van der Waals surface area contributed by atoms with E-state index in [2.05, 4.69) is 19.4 Å². The molecular weight excluding hydrogens is 264 g/mol. The van der Waals surface area contributed by atoms with Crippen molar-refractivity contribution >= 4 is 17.2 Å². The van der Waals surface area contributed by atoms with Gasteiger partial charge in [-0.15, -0.1) is 0 Å². The van der Waals surface area contributed by atoms with Crippen molar-refractivity contribution in [2.75, 3.05) is 12.3 Å². The molecule has 0 amide bonds. The molecule has 2 aromatic rings. The third-order valence-corrected chi connectivity index (χ3v) is 4.08. The molecule has 0 aromatic carbocycles. The van der Waals surface area contributed by atoms with Gasteiger partial charge < -0.3 is 5.73 Å². The first kappa shape index (κ1) is 13.9. The lowest BCUT2D eigenvalue weighted by molar-refractivity contribution is -0.689. The van der Waals surface area contributed by atoms with Crippen molar-refractivity contribution in [3.05, 3.63) is 33.7 Å². The van der Waals surface area contributed by atoms with E-state index in [4.69, 9.17) is 11.0 Å². The van der Waals surface area contributed by atoms with Crippen LogP contribution in [0.2, 0.25) is 0 Å². The van der Waals surface area contributed by atoms with Crippen LogP contribution in [-0.4, -0.2) is 21.8 Å². The summed E-state index contributed by atoms with van der Waals surface area (Å²) < 4.78 is 2.10. The zero-order valence-electron chi connectivity index (χ0n) is 11.0. The molecular formula is C12H17N4O2S+. The Morgan fingerprint density at radius 1 is 1.47 bits per heavy atom. The van der Waals surface area contributed by atoms with E-state index in [9.17, 15) is 0 Å². The van der Waals surface area contributed by atoms with Gasteiger partial charge in [0.15, 0.2) is 12.2 Å². The standard InChI is InChI=1S/C12H16N4O2S/c1-8-11(3-4-18-17)19-7-16(8)6-10-5-14-9(2)15-12(10)13/h5,7H,3-4,6H2,1-2H3,(H2-,13,14,15,17)/p+1. The maximum absolute atomic E-state index is 8.39. The summed E-state index contributed by atoms with van der Waals surface area (Å²) in [6, 6.07) is 0. The van der Waals surface area contributed by atoms with Crippen molar-refractivity contribution in [3.63, 3.8) is 0 Å². The summed E-state index contributed by atoms with van der Waals surface area (Å²) in [4.78, 5) is 13.6. The second-order valence-corrected chi connectivity index (χ2v) is 5.21. The van der Waals surface area contributed by atoms with E-state index in [1.807, 2.05) is 19.4 Å². The summed E-state index contributed by atoms with van der Waals surface area (Å²) in [5, 5.41) is 8.39. The lowest BCUT2D eigenvalue weighted by Gasteiger charge is -2.02. The first-order valence-electron chi connectivity index (χ1n) is 5.92. The highest BCUT2D eigenvalue weighted by atomic mass is 32.1. The van der Waals surface area contributed by atoms with E-state index in [0.717, 1.165) is 11.3 Å². The van der Waals surface area contributed by atoms with Gasteiger partial charge in [-0.1, -0.05) is 11.3 Å². The first-order valence-corrected chi connectivity index (χ1v) is 6.80.